The summed E-state index contributed by atoms with van der Waals surface area (Å²) in [6.45, 7) is 1.58. The number of nitrogens with zero attached hydrogens (tertiary/aromatic N) is 1. The third kappa shape index (κ3) is 6.11. The second kappa shape index (κ2) is 11.6. The molecule has 3 rings (SSSR count). The number of esters is 1. The number of benzene rings is 1. The molecule has 1 aromatic carbocycles. The second-order valence-corrected chi connectivity index (χ2v) is 7.62. The molecule has 10 heteroatoms. The largest absolute Gasteiger partial charge is 0.466 e. The smallest absolute Gasteiger partial charge is 0.330 e. The van der Waals surface area contributed by atoms with Crippen molar-refractivity contribution in [3.8, 4) is 0 Å². The van der Waals surface area contributed by atoms with Crippen LogP contribution in [0.5, 0.6) is 0 Å². The third-order valence-corrected chi connectivity index (χ3v) is 5.30. The Kier molecular flexibility index (Phi) is 8.33. The lowest BCUT2D eigenvalue weighted by Gasteiger charge is -2.17. The molecule has 0 spiro atoms. The number of fused-ring (bicyclic) bond motifs is 1. The molecule has 2 N–H and O–H groups in total. The normalized spacial score (nSPS) is 11.8. The van der Waals surface area contributed by atoms with E-state index in [-0.39, 0.29) is 30.8 Å². The Labute approximate surface area is 200 Å². The van der Waals surface area contributed by atoms with Gasteiger partial charge in [0.15, 0.2) is 5.76 Å². The number of nitrogens with one attached hydrogen (secondary N) is 2. The van der Waals surface area contributed by atoms with Gasteiger partial charge in [0.05, 0.1) is 13.7 Å². The van der Waals surface area contributed by atoms with E-state index in [4.69, 9.17) is 4.42 Å². The second-order valence-electron chi connectivity index (χ2n) is 7.62. The highest BCUT2D eigenvalue weighted by Crippen LogP contribution is 2.25. The molecule has 10 nitrogen and oxygen atoms in total. The number of carbonyl (C=O) groups excluding carboxylic acids is 4. The minimum Gasteiger partial charge on any atom is -0.466 e. The topological polar surface area (TPSA) is 137 Å². The summed E-state index contributed by atoms with van der Waals surface area (Å²) in [6, 6.07) is 9.04. The number of para-hydroxylation sites is 1. The van der Waals surface area contributed by atoms with Gasteiger partial charge in [0.25, 0.3) is 11.5 Å². The number of anilines is 1. The number of hydrogen-bond donors (Lipinski definition) is 2. The predicted molar refractivity (Wildman–Crippen MR) is 128 cm³/mol. The van der Waals surface area contributed by atoms with E-state index in [2.05, 4.69) is 15.4 Å². The first-order valence-electron chi connectivity index (χ1n) is 10.8. The maximum absolute atomic E-state index is 13.1. The van der Waals surface area contributed by atoms with Crippen molar-refractivity contribution in [2.24, 2.45) is 0 Å². The van der Waals surface area contributed by atoms with Crippen molar-refractivity contribution in [2.75, 3.05) is 12.4 Å². The number of aryl methyl sites for hydroxylation is 1. The number of amides is 2. The fourth-order valence-corrected chi connectivity index (χ4v) is 3.47. The molecule has 0 aliphatic heterocycles. The minimum absolute atomic E-state index is 0.0383. The van der Waals surface area contributed by atoms with E-state index in [1.165, 1.54) is 37.6 Å². The number of allylic oxidation sites excluding steroid dienone is 1. The van der Waals surface area contributed by atoms with Gasteiger partial charge in [0, 0.05) is 23.2 Å². The van der Waals surface area contributed by atoms with Crippen LogP contribution in [0.15, 0.2) is 64.0 Å². The fourth-order valence-electron chi connectivity index (χ4n) is 3.47. The van der Waals surface area contributed by atoms with Gasteiger partial charge in [-0.2, -0.15) is 0 Å². The molecule has 0 saturated carbocycles. The van der Waals surface area contributed by atoms with Crippen LogP contribution in [0, 0.1) is 6.92 Å². The van der Waals surface area contributed by atoms with Crippen LogP contribution in [0.1, 0.15) is 29.0 Å². The van der Waals surface area contributed by atoms with Gasteiger partial charge in [-0.05, 0) is 38.0 Å². The van der Waals surface area contributed by atoms with Gasteiger partial charge in [0.1, 0.15) is 23.6 Å². The maximum atomic E-state index is 13.1. The van der Waals surface area contributed by atoms with Gasteiger partial charge in [-0.25, -0.2) is 4.79 Å². The third-order valence-electron chi connectivity index (χ3n) is 5.30. The highest BCUT2D eigenvalue weighted by Gasteiger charge is 2.25. The van der Waals surface area contributed by atoms with Crippen molar-refractivity contribution in [2.45, 2.75) is 32.4 Å². The number of aromatic nitrogens is 1. The van der Waals surface area contributed by atoms with Crippen molar-refractivity contribution in [1.29, 1.82) is 0 Å². The average Bonchev–Trinajstić information content (AvgIpc) is 3.20. The highest BCUT2D eigenvalue weighted by atomic mass is 16.5. The van der Waals surface area contributed by atoms with Crippen LogP contribution >= 0.6 is 0 Å². The lowest BCUT2D eigenvalue weighted by molar-refractivity contribution is -0.134. The minimum atomic E-state index is -1.06. The molecule has 0 aliphatic rings. The zero-order chi connectivity index (χ0) is 25.4. The van der Waals surface area contributed by atoms with Crippen molar-refractivity contribution in [3.05, 3.63) is 76.4 Å². The van der Waals surface area contributed by atoms with E-state index >= 15 is 0 Å². The summed E-state index contributed by atoms with van der Waals surface area (Å²) in [5, 5.41) is 5.95. The zero-order valence-electron chi connectivity index (χ0n) is 19.3. The first-order chi connectivity index (χ1) is 16.8. The molecule has 2 heterocycles. The van der Waals surface area contributed by atoms with Crippen molar-refractivity contribution >= 4 is 40.7 Å². The number of ether oxygens (including phenoxy) is 1. The molecule has 182 valence electrons. The molecule has 2 aromatic heterocycles. The molecule has 0 fully saturated rings. The van der Waals surface area contributed by atoms with E-state index in [9.17, 15) is 24.0 Å². The van der Waals surface area contributed by atoms with Gasteiger partial charge in [-0.15, -0.1) is 0 Å². The Balaban J connectivity index is 1.82. The van der Waals surface area contributed by atoms with Crippen molar-refractivity contribution in [1.82, 2.24) is 9.88 Å². The Hall–Kier alpha value is -4.47. The number of furan rings is 1. The van der Waals surface area contributed by atoms with Gasteiger partial charge in [-0.1, -0.05) is 24.3 Å². The van der Waals surface area contributed by atoms with Gasteiger partial charge in [0.2, 0.25) is 5.91 Å². The number of methoxy groups -OCH3 is 1. The quantitative estimate of drug-likeness (QED) is 0.259. The lowest BCUT2D eigenvalue weighted by Crippen LogP contribution is -2.44. The van der Waals surface area contributed by atoms with E-state index in [1.54, 1.807) is 19.1 Å². The summed E-state index contributed by atoms with van der Waals surface area (Å²) in [6.07, 6.45) is 5.11. The molecule has 0 bridgehead atoms. The van der Waals surface area contributed by atoms with E-state index < -0.39 is 29.4 Å². The summed E-state index contributed by atoms with van der Waals surface area (Å²) in [5.41, 5.74) is 0.570. The summed E-state index contributed by atoms with van der Waals surface area (Å²) in [7, 11) is 1.25. The fraction of sp³-hybridized carbons (Fsp3) is 0.240. The molecule has 3 aromatic rings. The molecule has 0 saturated heterocycles. The van der Waals surface area contributed by atoms with E-state index in [0.717, 1.165) is 9.95 Å². The average molecular weight is 479 g/mol. The molecule has 35 heavy (non-hydrogen) atoms. The van der Waals surface area contributed by atoms with Gasteiger partial charge in [-0.3, -0.25) is 14.4 Å². The maximum Gasteiger partial charge on any atom is 0.330 e. The van der Waals surface area contributed by atoms with E-state index in [0.29, 0.717) is 17.4 Å². The number of aldehydes is 1. The first-order valence-corrected chi connectivity index (χ1v) is 10.8. The molecule has 2 amide bonds. The van der Waals surface area contributed by atoms with Crippen LogP contribution in [0.25, 0.3) is 11.0 Å². The SMILES string of the molecule is COC(=O)/C=C/CC[C@H](NC(=O)c1oc2ccccc2c1C)C(=O)Nc1cccn(CC=O)c1=O. The summed E-state index contributed by atoms with van der Waals surface area (Å²) in [5.74, 6) is -1.71. The number of carbonyl (C=O) groups is 4. The number of hydrogen-bond acceptors (Lipinski definition) is 7. The van der Waals surface area contributed by atoms with Crippen LogP contribution < -0.4 is 16.2 Å². The van der Waals surface area contributed by atoms with Gasteiger partial charge < -0.3 is 29.1 Å². The summed E-state index contributed by atoms with van der Waals surface area (Å²) < 4.78 is 11.4. The molecule has 0 radical (unpaired) electrons. The van der Waals surface area contributed by atoms with Crippen molar-refractivity contribution < 1.29 is 28.3 Å². The van der Waals surface area contributed by atoms with Crippen LogP contribution in [-0.2, 0) is 25.7 Å². The molecule has 0 unspecified atom stereocenters. The van der Waals surface area contributed by atoms with Crippen LogP contribution in [-0.4, -0.2) is 41.8 Å². The van der Waals surface area contributed by atoms with Crippen molar-refractivity contribution in [3.63, 3.8) is 0 Å². The zero-order valence-corrected chi connectivity index (χ0v) is 19.3. The molecular formula is C25H25N3O7. The van der Waals surface area contributed by atoms with Crippen LogP contribution in [0.2, 0.25) is 0 Å². The van der Waals surface area contributed by atoms with Crippen LogP contribution in [0.3, 0.4) is 0 Å². The molecule has 1 atom stereocenters. The van der Waals surface area contributed by atoms with E-state index in [1.807, 2.05) is 12.1 Å². The Morgan fingerprint density at radius 2 is 1.94 bits per heavy atom. The Morgan fingerprint density at radius 3 is 2.66 bits per heavy atom. The number of rotatable bonds is 10. The summed E-state index contributed by atoms with van der Waals surface area (Å²) in [4.78, 5) is 60.7. The monoisotopic (exact) mass is 479 g/mol. The number of pyridine rings is 1. The first kappa shape index (κ1) is 25.2. The lowest BCUT2D eigenvalue weighted by atomic mass is 10.1. The van der Waals surface area contributed by atoms with Gasteiger partial charge >= 0.3 is 5.97 Å². The Bertz CT molecular complexity index is 1340. The molecule has 0 aliphatic carbocycles. The highest BCUT2D eigenvalue weighted by molar-refractivity contribution is 6.03. The summed E-state index contributed by atoms with van der Waals surface area (Å²) >= 11 is 0. The molecular weight excluding hydrogens is 454 g/mol. The standard InChI is InChI=1S/C25H25N3O7/c1-16-17-8-3-5-11-20(17)35-22(16)24(32)26-18(9-4-6-12-21(30)34-2)23(31)27-19-10-7-13-28(14-15-29)25(19)33/h3,5-8,10-13,15,18H,4,9,14H2,1-2H3,(H,26,32)(H,27,31)/b12-6+/t18-/m0/s1. The van der Waals surface area contributed by atoms with Crippen LogP contribution in [0.4, 0.5) is 5.69 Å². The predicted octanol–water partition coefficient (Wildman–Crippen LogP) is 2.35. The Morgan fingerprint density at radius 1 is 1.17 bits per heavy atom.